The first-order chi connectivity index (χ1) is 15.5. The molecular weight excluding hydrogens is 404 g/mol. The lowest BCUT2D eigenvalue weighted by molar-refractivity contribution is -0.141. The van der Waals surface area contributed by atoms with Crippen molar-refractivity contribution in [1.29, 1.82) is 0 Å². The summed E-state index contributed by atoms with van der Waals surface area (Å²) in [5.74, 6) is 1.44. The highest BCUT2D eigenvalue weighted by atomic mass is 16.5. The van der Waals surface area contributed by atoms with E-state index in [0.717, 1.165) is 42.9 Å². The van der Waals surface area contributed by atoms with E-state index in [0.29, 0.717) is 13.0 Å². The average molecular weight is 437 g/mol. The number of hydrogen-bond acceptors (Lipinski definition) is 5. The van der Waals surface area contributed by atoms with Gasteiger partial charge >= 0.3 is 5.97 Å². The molecule has 5 rings (SSSR count). The summed E-state index contributed by atoms with van der Waals surface area (Å²) in [6, 6.07) is 12.6. The van der Waals surface area contributed by atoms with Gasteiger partial charge in [-0.25, -0.2) is 0 Å². The lowest BCUT2D eigenvalue weighted by Crippen LogP contribution is -2.30. The Balaban J connectivity index is 1.35. The molecule has 0 aromatic heterocycles. The zero-order valence-corrected chi connectivity index (χ0v) is 19.2. The van der Waals surface area contributed by atoms with E-state index in [9.17, 15) is 4.79 Å². The Morgan fingerprint density at radius 1 is 1.16 bits per heavy atom. The van der Waals surface area contributed by atoms with Crippen LogP contribution in [0.1, 0.15) is 79.9 Å². The molecule has 1 fully saturated rings. The molecule has 5 nitrogen and oxygen atoms in total. The van der Waals surface area contributed by atoms with Crippen molar-refractivity contribution in [2.75, 3.05) is 20.3 Å². The van der Waals surface area contributed by atoms with Crippen molar-refractivity contribution in [1.82, 2.24) is 0 Å². The third kappa shape index (κ3) is 3.88. The molecular formula is C27H32O5. The van der Waals surface area contributed by atoms with Gasteiger partial charge in [-0.3, -0.25) is 4.79 Å². The molecule has 2 heterocycles. The maximum absolute atomic E-state index is 11.7. The molecule has 0 N–H and O–H groups in total. The topological polar surface area (TPSA) is 54.0 Å². The Morgan fingerprint density at radius 2 is 2.00 bits per heavy atom. The molecule has 0 unspecified atom stereocenters. The van der Waals surface area contributed by atoms with E-state index in [1.807, 2.05) is 18.2 Å². The Hall–Kier alpha value is -2.53. The Morgan fingerprint density at radius 3 is 2.81 bits per heavy atom. The van der Waals surface area contributed by atoms with E-state index in [1.165, 1.54) is 30.2 Å². The molecule has 0 spiro atoms. The van der Waals surface area contributed by atoms with Crippen LogP contribution in [0.15, 0.2) is 36.4 Å². The van der Waals surface area contributed by atoms with Gasteiger partial charge in [0.1, 0.15) is 17.6 Å². The summed E-state index contributed by atoms with van der Waals surface area (Å²) in [5, 5.41) is 0. The number of methoxy groups -OCH3 is 1. The van der Waals surface area contributed by atoms with E-state index >= 15 is 0 Å². The number of ether oxygens (including phenoxy) is 4. The number of rotatable bonds is 5. The van der Waals surface area contributed by atoms with Gasteiger partial charge in [0.05, 0.1) is 26.2 Å². The number of carbonyl (C=O) groups is 1. The van der Waals surface area contributed by atoms with Crippen LogP contribution in [-0.4, -0.2) is 26.3 Å². The van der Waals surface area contributed by atoms with E-state index in [2.05, 4.69) is 32.0 Å². The van der Waals surface area contributed by atoms with Gasteiger partial charge < -0.3 is 18.9 Å². The summed E-state index contributed by atoms with van der Waals surface area (Å²) < 4.78 is 23.4. The Labute approximate surface area is 190 Å². The number of hydrogen-bond donors (Lipinski definition) is 0. The molecule has 0 radical (unpaired) electrons. The molecule has 2 aliphatic heterocycles. The summed E-state index contributed by atoms with van der Waals surface area (Å²) in [7, 11) is 1.42. The lowest BCUT2D eigenvalue weighted by atomic mass is 9.76. The third-order valence-corrected chi connectivity index (χ3v) is 7.28. The maximum atomic E-state index is 11.7. The van der Waals surface area contributed by atoms with Gasteiger partial charge in [0.2, 0.25) is 0 Å². The van der Waals surface area contributed by atoms with Crippen LogP contribution in [0.2, 0.25) is 0 Å². The molecule has 32 heavy (non-hydrogen) atoms. The van der Waals surface area contributed by atoms with Crippen molar-refractivity contribution < 1.29 is 23.7 Å². The third-order valence-electron chi connectivity index (χ3n) is 7.28. The molecule has 3 atom stereocenters. The molecule has 1 aliphatic carbocycles. The molecule has 3 aliphatic rings. The second kappa shape index (κ2) is 8.43. The summed E-state index contributed by atoms with van der Waals surface area (Å²) >= 11 is 0. The largest absolute Gasteiger partial charge is 0.492 e. The highest BCUT2D eigenvalue weighted by molar-refractivity contribution is 5.71. The average Bonchev–Trinajstić information content (AvgIpc) is 3.37. The molecule has 5 heteroatoms. The fourth-order valence-corrected chi connectivity index (χ4v) is 5.56. The van der Waals surface area contributed by atoms with Gasteiger partial charge in [-0.2, -0.15) is 0 Å². The van der Waals surface area contributed by atoms with Crippen LogP contribution in [0.4, 0.5) is 0 Å². The van der Waals surface area contributed by atoms with Crippen LogP contribution in [0.5, 0.6) is 11.5 Å². The van der Waals surface area contributed by atoms with Crippen LogP contribution in [0.25, 0.3) is 0 Å². The summed E-state index contributed by atoms with van der Waals surface area (Å²) in [5.41, 5.74) is 5.20. The van der Waals surface area contributed by atoms with Crippen LogP contribution >= 0.6 is 0 Å². The fraction of sp³-hybridized carbons (Fsp3) is 0.519. The first kappa shape index (κ1) is 21.3. The van der Waals surface area contributed by atoms with Crippen molar-refractivity contribution in [2.45, 2.75) is 64.1 Å². The predicted octanol–water partition coefficient (Wildman–Crippen LogP) is 5.67. The van der Waals surface area contributed by atoms with Gasteiger partial charge in [-0.15, -0.1) is 0 Å². The molecule has 0 amide bonds. The smallest absolute Gasteiger partial charge is 0.306 e. The van der Waals surface area contributed by atoms with Crippen molar-refractivity contribution in [3.63, 3.8) is 0 Å². The highest BCUT2D eigenvalue weighted by Gasteiger charge is 2.38. The van der Waals surface area contributed by atoms with Gasteiger partial charge in [-0.1, -0.05) is 38.1 Å². The monoisotopic (exact) mass is 436 g/mol. The van der Waals surface area contributed by atoms with Gasteiger partial charge in [0.25, 0.3) is 0 Å². The molecule has 0 bridgehead atoms. The molecule has 2 aromatic carbocycles. The van der Waals surface area contributed by atoms with Crippen molar-refractivity contribution >= 4 is 5.97 Å². The van der Waals surface area contributed by atoms with Crippen LogP contribution < -0.4 is 9.47 Å². The summed E-state index contributed by atoms with van der Waals surface area (Å²) in [4.78, 5) is 11.7. The van der Waals surface area contributed by atoms with Crippen molar-refractivity contribution in [2.24, 2.45) is 5.41 Å². The summed E-state index contributed by atoms with van der Waals surface area (Å²) in [6.07, 6.45) is 4.80. The Kier molecular flexibility index (Phi) is 5.62. The van der Waals surface area contributed by atoms with Crippen LogP contribution in [0.3, 0.4) is 0 Å². The Bertz CT molecular complexity index is 1010. The minimum absolute atomic E-state index is 0.0296. The highest BCUT2D eigenvalue weighted by Crippen LogP contribution is 2.48. The van der Waals surface area contributed by atoms with E-state index in [-0.39, 0.29) is 29.5 Å². The molecule has 0 saturated carbocycles. The minimum atomic E-state index is -0.213. The van der Waals surface area contributed by atoms with Crippen LogP contribution in [-0.2, 0) is 20.7 Å². The second-order valence-electron chi connectivity index (χ2n) is 9.89. The molecule has 170 valence electrons. The fourth-order valence-electron chi connectivity index (χ4n) is 5.56. The van der Waals surface area contributed by atoms with Crippen LogP contribution in [0, 0.1) is 5.41 Å². The van der Waals surface area contributed by atoms with Crippen molar-refractivity contribution in [3.8, 4) is 11.5 Å². The normalized spacial score (nSPS) is 25.5. The first-order valence-corrected chi connectivity index (χ1v) is 11.7. The second-order valence-corrected chi connectivity index (χ2v) is 9.89. The number of carbonyl (C=O) groups excluding carboxylic acids is 1. The minimum Gasteiger partial charge on any atom is -0.492 e. The van der Waals surface area contributed by atoms with Gasteiger partial charge in [0, 0.05) is 24.2 Å². The number of benzene rings is 2. The SMILES string of the molecule is COC(=O)C[C@@H]1COc2cc(O[C@@H]3CCc4c3cccc4[C@@H]3OCCCC3(C)C)ccc21. The number of esters is 1. The van der Waals surface area contributed by atoms with Gasteiger partial charge in [0.15, 0.2) is 0 Å². The lowest BCUT2D eigenvalue weighted by Gasteiger charge is -2.39. The zero-order valence-electron chi connectivity index (χ0n) is 19.2. The van der Waals surface area contributed by atoms with E-state index < -0.39 is 0 Å². The van der Waals surface area contributed by atoms with E-state index in [4.69, 9.17) is 18.9 Å². The molecule has 2 aromatic rings. The quantitative estimate of drug-likeness (QED) is 0.565. The van der Waals surface area contributed by atoms with Gasteiger partial charge in [-0.05, 0) is 53.9 Å². The number of fused-ring (bicyclic) bond motifs is 2. The maximum Gasteiger partial charge on any atom is 0.306 e. The zero-order chi connectivity index (χ0) is 22.3. The van der Waals surface area contributed by atoms with Crippen molar-refractivity contribution in [3.05, 3.63) is 58.7 Å². The molecule has 1 saturated heterocycles. The standard InChI is InChI=1S/C27H32O5/c1-27(2)12-5-13-30-26(27)22-7-4-6-21-20(22)10-11-23(21)32-18-8-9-19-17(14-25(28)29-3)16-31-24(19)15-18/h4,6-9,15,17,23,26H,5,10-14,16H2,1-3H3/t17-,23-,26+/m1/s1. The predicted molar refractivity (Wildman–Crippen MR) is 121 cm³/mol. The van der Waals surface area contributed by atoms with E-state index in [1.54, 1.807) is 0 Å². The first-order valence-electron chi connectivity index (χ1n) is 11.7. The summed E-state index contributed by atoms with van der Waals surface area (Å²) in [6.45, 7) is 5.97.